The Morgan fingerprint density at radius 1 is 1.07 bits per heavy atom. The van der Waals surface area contributed by atoms with Gasteiger partial charge in [0.15, 0.2) is 13.1 Å². The number of quaternary nitrogens is 1. The highest BCUT2D eigenvalue weighted by Gasteiger charge is 2.19. The summed E-state index contributed by atoms with van der Waals surface area (Å²) in [5.41, 5.74) is 2.78. The first-order valence-corrected chi connectivity index (χ1v) is 10.0. The van der Waals surface area contributed by atoms with E-state index in [4.69, 9.17) is 11.6 Å². The molecule has 0 heterocycles. The highest BCUT2D eigenvalue weighted by molar-refractivity contribution is 6.30. The molecule has 28 heavy (non-hydrogen) atoms. The molecule has 5 nitrogen and oxygen atoms in total. The first-order valence-electron chi connectivity index (χ1n) is 9.63. The summed E-state index contributed by atoms with van der Waals surface area (Å²) in [5, 5.41) is 6.58. The lowest BCUT2D eigenvalue weighted by molar-refractivity contribution is -0.883. The fraction of sp³-hybridized carbons (Fsp3) is 0.364. The van der Waals surface area contributed by atoms with Gasteiger partial charge in [-0.05, 0) is 49.6 Å². The zero-order chi connectivity index (χ0) is 20.5. The molecular weight excluding hydrogens is 374 g/mol. The van der Waals surface area contributed by atoms with Gasteiger partial charge in [-0.2, -0.15) is 0 Å². The highest BCUT2D eigenvalue weighted by Crippen LogP contribution is 2.17. The molecule has 2 aromatic rings. The first-order chi connectivity index (χ1) is 13.4. The molecule has 150 valence electrons. The summed E-state index contributed by atoms with van der Waals surface area (Å²) in [4.78, 5) is 25.9. The third-order valence-corrected chi connectivity index (χ3v) is 4.81. The van der Waals surface area contributed by atoms with E-state index in [0.29, 0.717) is 5.02 Å². The lowest BCUT2D eigenvalue weighted by Crippen LogP contribution is -3.14. The minimum atomic E-state index is -0.144. The minimum Gasteiger partial charge on any atom is -0.345 e. The molecule has 0 bridgehead atoms. The van der Waals surface area contributed by atoms with Crippen molar-refractivity contribution in [3.8, 4) is 0 Å². The van der Waals surface area contributed by atoms with E-state index in [1.54, 1.807) is 6.07 Å². The summed E-state index contributed by atoms with van der Waals surface area (Å²) in [7, 11) is 0. The molecule has 3 N–H and O–H groups in total. The smallest absolute Gasteiger partial charge is 0.279 e. The highest BCUT2D eigenvalue weighted by atomic mass is 35.5. The van der Waals surface area contributed by atoms with Crippen LogP contribution in [0, 0.1) is 6.92 Å². The Morgan fingerprint density at radius 2 is 1.79 bits per heavy atom. The Bertz CT molecular complexity index is 810. The third-order valence-electron chi connectivity index (χ3n) is 4.57. The Morgan fingerprint density at radius 3 is 2.46 bits per heavy atom. The van der Waals surface area contributed by atoms with Crippen LogP contribution < -0.4 is 15.5 Å². The molecular formula is C22H29ClN3O2+. The van der Waals surface area contributed by atoms with Gasteiger partial charge in [0.05, 0.1) is 12.6 Å². The number of aryl methyl sites for hydroxylation is 1. The van der Waals surface area contributed by atoms with Crippen LogP contribution in [0.25, 0.3) is 0 Å². The van der Waals surface area contributed by atoms with Crippen molar-refractivity contribution in [2.75, 3.05) is 25.0 Å². The molecule has 0 aliphatic rings. The van der Waals surface area contributed by atoms with Gasteiger partial charge >= 0.3 is 0 Å². The molecule has 0 fully saturated rings. The topological polar surface area (TPSA) is 62.6 Å². The molecule has 0 radical (unpaired) electrons. The maximum Gasteiger partial charge on any atom is 0.279 e. The SMILES string of the molecule is CCC[NH+](CC(=O)Nc1ccccc1C)CC(=O)N[C@H](C)c1cccc(Cl)c1. The zero-order valence-corrected chi connectivity index (χ0v) is 17.5. The van der Waals surface area contributed by atoms with Crippen LogP contribution in [0.5, 0.6) is 0 Å². The quantitative estimate of drug-likeness (QED) is 0.604. The molecule has 0 aromatic heterocycles. The fourth-order valence-electron chi connectivity index (χ4n) is 3.11. The first kappa shape index (κ1) is 21.9. The maximum atomic E-state index is 12.5. The lowest BCUT2D eigenvalue weighted by Gasteiger charge is -2.20. The summed E-state index contributed by atoms with van der Waals surface area (Å²) in [6, 6.07) is 15.0. The van der Waals surface area contributed by atoms with Crippen LogP contribution in [0.15, 0.2) is 48.5 Å². The van der Waals surface area contributed by atoms with Crippen molar-refractivity contribution in [2.24, 2.45) is 0 Å². The number of halogens is 1. The Labute approximate surface area is 172 Å². The molecule has 0 spiro atoms. The molecule has 2 aromatic carbocycles. The van der Waals surface area contributed by atoms with Crippen molar-refractivity contribution in [3.05, 3.63) is 64.7 Å². The van der Waals surface area contributed by atoms with Crippen molar-refractivity contribution < 1.29 is 14.5 Å². The zero-order valence-electron chi connectivity index (χ0n) is 16.7. The van der Waals surface area contributed by atoms with Gasteiger partial charge in [-0.3, -0.25) is 9.59 Å². The van der Waals surface area contributed by atoms with Crippen molar-refractivity contribution in [3.63, 3.8) is 0 Å². The molecule has 2 amide bonds. The molecule has 0 aliphatic carbocycles. The summed E-state index contributed by atoms with van der Waals surface area (Å²) in [6.45, 7) is 7.18. The number of anilines is 1. The van der Waals surface area contributed by atoms with Crippen LogP contribution in [-0.4, -0.2) is 31.4 Å². The molecule has 0 aliphatic heterocycles. The number of para-hydroxylation sites is 1. The molecule has 0 saturated heterocycles. The number of carbonyl (C=O) groups is 2. The predicted octanol–water partition coefficient (Wildman–Crippen LogP) is 2.76. The fourth-order valence-corrected chi connectivity index (χ4v) is 3.31. The van der Waals surface area contributed by atoms with Crippen molar-refractivity contribution >= 4 is 29.1 Å². The number of hydrogen-bond donors (Lipinski definition) is 3. The summed E-state index contributed by atoms with van der Waals surface area (Å²) < 4.78 is 0. The van der Waals surface area contributed by atoms with E-state index in [2.05, 4.69) is 10.6 Å². The van der Waals surface area contributed by atoms with E-state index in [1.807, 2.05) is 63.2 Å². The summed E-state index contributed by atoms with van der Waals surface area (Å²) in [6.07, 6.45) is 0.893. The second-order valence-corrected chi connectivity index (χ2v) is 7.50. The van der Waals surface area contributed by atoms with Gasteiger partial charge in [-0.1, -0.05) is 48.9 Å². The number of rotatable bonds is 9. The van der Waals surface area contributed by atoms with Crippen LogP contribution >= 0.6 is 11.6 Å². The molecule has 0 saturated carbocycles. The number of nitrogens with one attached hydrogen (secondary N) is 3. The van der Waals surface area contributed by atoms with E-state index in [0.717, 1.165) is 34.7 Å². The monoisotopic (exact) mass is 402 g/mol. The number of carbonyl (C=O) groups excluding carboxylic acids is 2. The van der Waals surface area contributed by atoms with Crippen LogP contribution in [0.2, 0.25) is 5.02 Å². The molecule has 2 rings (SSSR count). The summed E-state index contributed by atoms with van der Waals surface area (Å²) >= 11 is 6.02. The van der Waals surface area contributed by atoms with Crippen LogP contribution in [0.4, 0.5) is 5.69 Å². The van der Waals surface area contributed by atoms with E-state index in [-0.39, 0.29) is 30.9 Å². The molecule has 2 atom stereocenters. The average Bonchev–Trinajstić information content (AvgIpc) is 2.63. The second kappa shape index (κ2) is 10.8. The largest absolute Gasteiger partial charge is 0.345 e. The van der Waals surface area contributed by atoms with Crippen molar-refractivity contribution in [1.82, 2.24) is 5.32 Å². The van der Waals surface area contributed by atoms with Crippen LogP contribution in [0.3, 0.4) is 0 Å². The van der Waals surface area contributed by atoms with Gasteiger partial charge in [0.25, 0.3) is 11.8 Å². The number of amides is 2. The van der Waals surface area contributed by atoms with Gasteiger partial charge in [0.1, 0.15) is 0 Å². The van der Waals surface area contributed by atoms with Crippen LogP contribution in [-0.2, 0) is 9.59 Å². The van der Waals surface area contributed by atoms with E-state index in [9.17, 15) is 9.59 Å². The van der Waals surface area contributed by atoms with E-state index < -0.39 is 0 Å². The van der Waals surface area contributed by atoms with Crippen molar-refractivity contribution in [1.29, 1.82) is 0 Å². The van der Waals surface area contributed by atoms with Gasteiger partial charge in [0.2, 0.25) is 0 Å². The molecule has 1 unspecified atom stereocenters. The standard InChI is InChI=1S/C22H28ClN3O2/c1-4-12-26(15-22(28)25-20-11-6-5-8-16(20)2)14-21(27)24-17(3)18-9-7-10-19(23)13-18/h5-11,13,17H,4,12,14-15H2,1-3H3,(H,24,27)(H,25,28)/p+1/t17-/m1/s1. The third kappa shape index (κ3) is 6.98. The minimum absolute atomic E-state index is 0.0837. The maximum absolute atomic E-state index is 12.5. The van der Waals surface area contributed by atoms with Gasteiger partial charge in [-0.25, -0.2) is 0 Å². The van der Waals surface area contributed by atoms with Gasteiger partial charge in [-0.15, -0.1) is 0 Å². The summed E-state index contributed by atoms with van der Waals surface area (Å²) in [5.74, 6) is -0.173. The van der Waals surface area contributed by atoms with E-state index >= 15 is 0 Å². The lowest BCUT2D eigenvalue weighted by atomic mass is 10.1. The van der Waals surface area contributed by atoms with Gasteiger partial charge < -0.3 is 15.5 Å². The van der Waals surface area contributed by atoms with Crippen LogP contribution in [0.1, 0.15) is 37.4 Å². The molecule has 6 heteroatoms. The van der Waals surface area contributed by atoms with Gasteiger partial charge in [0, 0.05) is 10.7 Å². The average molecular weight is 403 g/mol. The number of hydrogen-bond acceptors (Lipinski definition) is 2. The normalized spacial score (nSPS) is 12.9. The van der Waals surface area contributed by atoms with Crippen molar-refractivity contribution in [2.45, 2.75) is 33.2 Å². The second-order valence-electron chi connectivity index (χ2n) is 7.06. The Kier molecular flexibility index (Phi) is 8.48. The Balaban J connectivity index is 1.91. The van der Waals surface area contributed by atoms with E-state index in [1.165, 1.54) is 0 Å². The number of benzene rings is 2. The Hall–Kier alpha value is -2.37. The predicted molar refractivity (Wildman–Crippen MR) is 114 cm³/mol.